The lowest BCUT2D eigenvalue weighted by atomic mass is 10.2. The topological polar surface area (TPSA) is 58.2 Å². The van der Waals surface area contributed by atoms with Crippen molar-refractivity contribution in [2.45, 2.75) is 60.1 Å². The Morgan fingerprint density at radius 1 is 1.43 bits per heavy atom. The van der Waals surface area contributed by atoms with Gasteiger partial charge in [0, 0.05) is 13.7 Å². The van der Waals surface area contributed by atoms with Crippen LogP contribution in [0.4, 0.5) is 0 Å². The number of imidazole rings is 1. The van der Waals surface area contributed by atoms with Crippen LogP contribution in [-0.4, -0.2) is 40.5 Å². The summed E-state index contributed by atoms with van der Waals surface area (Å²) in [5, 5.41) is 0. The standard InChI is InChI=1S/C8H12BrN3O.C5H12O.C2H6/c1-2-3-12(6-13)5-8-10-4-7(9)11-8;1-5(2,3)6-4;1-2/h4,6H,2-3,5H2,1H3,(H,10,11);1-4H3;1-2H3. The predicted molar refractivity (Wildman–Crippen MR) is 91.2 cm³/mol. The van der Waals surface area contributed by atoms with Crippen molar-refractivity contribution in [3.05, 3.63) is 16.6 Å². The van der Waals surface area contributed by atoms with Gasteiger partial charge in [-0.15, -0.1) is 0 Å². The number of aromatic amines is 1. The van der Waals surface area contributed by atoms with Crippen molar-refractivity contribution in [2.24, 2.45) is 0 Å². The zero-order valence-corrected chi connectivity index (χ0v) is 16.0. The van der Waals surface area contributed by atoms with Crippen LogP contribution < -0.4 is 0 Å². The van der Waals surface area contributed by atoms with Gasteiger partial charge in [-0.2, -0.15) is 0 Å². The minimum absolute atomic E-state index is 0.0417. The Hall–Kier alpha value is -0.880. The van der Waals surface area contributed by atoms with Gasteiger partial charge in [0.05, 0.1) is 18.3 Å². The third-order valence-electron chi connectivity index (χ3n) is 2.22. The normalized spacial score (nSPS) is 9.90. The highest BCUT2D eigenvalue weighted by Gasteiger charge is 2.04. The number of halogens is 1. The number of hydrogen-bond donors (Lipinski definition) is 1. The smallest absolute Gasteiger partial charge is 0.210 e. The number of carbonyl (C=O) groups is 1. The fourth-order valence-electron chi connectivity index (χ4n) is 1.07. The van der Waals surface area contributed by atoms with Crippen molar-refractivity contribution >= 4 is 22.3 Å². The van der Waals surface area contributed by atoms with Crippen molar-refractivity contribution in [2.75, 3.05) is 13.7 Å². The molecule has 0 radical (unpaired) electrons. The van der Waals surface area contributed by atoms with Gasteiger partial charge in [-0.1, -0.05) is 20.8 Å². The Morgan fingerprint density at radius 3 is 2.24 bits per heavy atom. The zero-order chi connectivity index (χ0) is 16.9. The zero-order valence-electron chi connectivity index (χ0n) is 14.4. The van der Waals surface area contributed by atoms with Gasteiger partial charge in [0.15, 0.2) is 0 Å². The second kappa shape index (κ2) is 12.8. The highest BCUT2D eigenvalue weighted by atomic mass is 79.9. The molecule has 1 aromatic heterocycles. The van der Waals surface area contributed by atoms with Gasteiger partial charge in [-0.05, 0) is 43.1 Å². The molecule has 5 nitrogen and oxygen atoms in total. The molecule has 0 saturated carbocycles. The van der Waals surface area contributed by atoms with Gasteiger partial charge in [0.1, 0.15) is 10.4 Å². The van der Waals surface area contributed by atoms with E-state index in [0.717, 1.165) is 29.8 Å². The average molecular weight is 364 g/mol. The van der Waals surface area contributed by atoms with E-state index >= 15 is 0 Å². The van der Waals surface area contributed by atoms with Gasteiger partial charge < -0.3 is 14.6 Å². The summed E-state index contributed by atoms with van der Waals surface area (Å²) in [5.41, 5.74) is 0.0417. The number of nitrogens with zero attached hydrogens (tertiary/aromatic N) is 2. The van der Waals surface area contributed by atoms with E-state index in [0.29, 0.717) is 6.54 Å². The molecule has 0 spiro atoms. The van der Waals surface area contributed by atoms with Crippen molar-refractivity contribution in [3.8, 4) is 0 Å². The first kappa shape index (κ1) is 22.4. The lowest BCUT2D eigenvalue weighted by Crippen LogP contribution is -2.22. The monoisotopic (exact) mass is 363 g/mol. The molecule has 0 fully saturated rings. The summed E-state index contributed by atoms with van der Waals surface area (Å²) in [4.78, 5) is 19.4. The Labute approximate surface area is 137 Å². The van der Waals surface area contributed by atoms with Gasteiger partial charge in [-0.3, -0.25) is 4.79 Å². The SMILES string of the molecule is CC.CCCN(C=O)Cc1ncc(Br)[nH]1.COC(C)(C)C. The fourth-order valence-corrected chi connectivity index (χ4v) is 1.40. The van der Waals surface area contributed by atoms with E-state index in [1.165, 1.54) is 0 Å². The van der Waals surface area contributed by atoms with Crippen molar-refractivity contribution in [1.82, 2.24) is 14.9 Å². The highest BCUT2D eigenvalue weighted by molar-refractivity contribution is 9.10. The molecule has 0 unspecified atom stereocenters. The molecule has 0 aliphatic rings. The van der Waals surface area contributed by atoms with E-state index in [1.54, 1.807) is 18.2 Å². The van der Waals surface area contributed by atoms with Crippen molar-refractivity contribution in [1.29, 1.82) is 0 Å². The van der Waals surface area contributed by atoms with Crippen LogP contribution in [0.2, 0.25) is 0 Å². The summed E-state index contributed by atoms with van der Waals surface area (Å²) < 4.78 is 5.78. The minimum Gasteiger partial charge on any atom is -0.379 e. The summed E-state index contributed by atoms with van der Waals surface area (Å²) >= 11 is 3.26. The molecule has 124 valence electrons. The Morgan fingerprint density at radius 2 is 1.95 bits per heavy atom. The van der Waals surface area contributed by atoms with Gasteiger partial charge >= 0.3 is 0 Å². The maximum absolute atomic E-state index is 10.6. The van der Waals surface area contributed by atoms with Crippen LogP contribution in [0.15, 0.2) is 10.8 Å². The molecule has 0 bridgehead atoms. The Kier molecular flexibility index (Phi) is 13.7. The third-order valence-corrected chi connectivity index (χ3v) is 2.63. The van der Waals surface area contributed by atoms with Crippen LogP contribution in [0, 0.1) is 0 Å². The van der Waals surface area contributed by atoms with E-state index in [-0.39, 0.29) is 5.60 Å². The molecule has 1 amide bonds. The van der Waals surface area contributed by atoms with E-state index in [4.69, 9.17) is 4.74 Å². The summed E-state index contributed by atoms with van der Waals surface area (Å²) in [5.74, 6) is 0.799. The van der Waals surface area contributed by atoms with Gasteiger partial charge in [0.2, 0.25) is 6.41 Å². The summed E-state index contributed by atoms with van der Waals surface area (Å²) in [6.45, 7) is 13.4. The number of rotatable bonds is 5. The molecule has 0 aliphatic carbocycles. The second-order valence-electron chi connectivity index (χ2n) is 5.07. The maximum atomic E-state index is 10.6. The molecular formula is C15H30BrN3O2. The Bertz CT molecular complexity index is 362. The van der Waals surface area contributed by atoms with Crippen LogP contribution in [0.5, 0.6) is 0 Å². The van der Waals surface area contributed by atoms with E-state index in [9.17, 15) is 4.79 Å². The van der Waals surface area contributed by atoms with Crippen molar-refractivity contribution < 1.29 is 9.53 Å². The minimum atomic E-state index is 0.0417. The summed E-state index contributed by atoms with van der Waals surface area (Å²) in [6, 6.07) is 0. The largest absolute Gasteiger partial charge is 0.379 e. The number of H-pyrrole nitrogens is 1. The lowest BCUT2D eigenvalue weighted by molar-refractivity contribution is -0.118. The number of ether oxygens (including phenoxy) is 1. The summed E-state index contributed by atoms with van der Waals surface area (Å²) in [7, 11) is 1.71. The van der Waals surface area contributed by atoms with Crippen LogP contribution in [0.1, 0.15) is 53.8 Å². The predicted octanol–water partition coefficient (Wildman–Crippen LogP) is 4.00. The number of methoxy groups -OCH3 is 1. The molecule has 1 heterocycles. The molecule has 1 aromatic rings. The van der Waals surface area contributed by atoms with Crippen LogP contribution in [-0.2, 0) is 16.1 Å². The van der Waals surface area contributed by atoms with Gasteiger partial charge in [-0.25, -0.2) is 4.98 Å². The highest BCUT2D eigenvalue weighted by Crippen LogP contribution is 2.06. The third kappa shape index (κ3) is 13.8. The molecule has 0 aliphatic heterocycles. The number of aromatic nitrogens is 2. The Balaban J connectivity index is 0. The van der Waals surface area contributed by atoms with Gasteiger partial charge in [0.25, 0.3) is 0 Å². The number of carbonyl (C=O) groups excluding carboxylic acids is 1. The van der Waals surface area contributed by atoms with Crippen LogP contribution in [0.3, 0.4) is 0 Å². The molecule has 0 saturated heterocycles. The molecule has 1 rings (SSSR count). The van der Waals surface area contributed by atoms with Crippen LogP contribution >= 0.6 is 15.9 Å². The van der Waals surface area contributed by atoms with E-state index < -0.39 is 0 Å². The van der Waals surface area contributed by atoms with Crippen molar-refractivity contribution in [3.63, 3.8) is 0 Å². The molecule has 0 aromatic carbocycles. The first-order chi connectivity index (χ1) is 9.82. The second-order valence-corrected chi connectivity index (χ2v) is 5.92. The summed E-state index contributed by atoms with van der Waals surface area (Å²) in [6.07, 6.45) is 3.49. The first-order valence-corrected chi connectivity index (χ1v) is 8.05. The maximum Gasteiger partial charge on any atom is 0.210 e. The number of hydrogen-bond acceptors (Lipinski definition) is 3. The quantitative estimate of drug-likeness (QED) is 0.804. The van der Waals surface area contributed by atoms with E-state index in [2.05, 4.69) is 25.9 Å². The van der Waals surface area contributed by atoms with E-state index in [1.807, 2.05) is 41.5 Å². The molecule has 1 N–H and O–H groups in total. The molecular weight excluding hydrogens is 334 g/mol. The number of amides is 1. The van der Waals surface area contributed by atoms with Crippen LogP contribution in [0.25, 0.3) is 0 Å². The molecule has 0 atom stereocenters. The fraction of sp³-hybridized carbons (Fsp3) is 0.733. The first-order valence-electron chi connectivity index (χ1n) is 7.26. The molecule has 6 heteroatoms. The molecule has 21 heavy (non-hydrogen) atoms. The average Bonchev–Trinajstić information content (AvgIpc) is 2.86. The number of nitrogens with one attached hydrogen (secondary N) is 1. The lowest BCUT2D eigenvalue weighted by Gasteiger charge is -2.14.